The summed E-state index contributed by atoms with van der Waals surface area (Å²) in [4.78, 5) is 10.4. The molecule has 1 rings (SSSR count). The molecule has 9 heavy (non-hydrogen) atoms. The zero-order chi connectivity index (χ0) is 6.85. The molecule has 0 aliphatic carbocycles. The first-order valence-electron chi connectivity index (χ1n) is 2.76. The van der Waals surface area contributed by atoms with Gasteiger partial charge in [0.2, 0.25) is 0 Å². The fourth-order valence-electron chi connectivity index (χ4n) is 0.682. The molecule has 0 aromatic carbocycles. The van der Waals surface area contributed by atoms with Crippen LogP contribution in [0.25, 0.3) is 0 Å². The zero-order valence-electron chi connectivity index (χ0n) is 5.16. The van der Waals surface area contributed by atoms with Gasteiger partial charge in [0.05, 0.1) is 0 Å². The normalized spacial score (nSPS) is 16.1. The molecule has 0 aromatic heterocycles. The van der Waals surface area contributed by atoms with E-state index >= 15 is 0 Å². The van der Waals surface area contributed by atoms with Crippen molar-refractivity contribution in [3.63, 3.8) is 0 Å². The Bertz CT molecular complexity index is 197. The zero-order valence-corrected chi connectivity index (χ0v) is 8.46. The fraction of sp³-hybridized carbons (Fsp3) is 0.200. The summed E-state index contributed by atoms with van der Waals surface area (Å²) in [6, 6.07) is 0. The second-order valence-corrected chi connectivity index (χ2v) is 8.04. The van der Waals surface area contributed by atoms with Crippen molar-refractivity contribution >= 4 is 33.3 Å². The Hall–Kier alpha value is -0.250. The van der Waals surface area contributed by atoms with Gasteiger partial charge >= 0.3 is 61.4 Å². The van der Waals surface area contributed by atoms with E-state index in [2.05, 4.69) is 7.66 Å². The SMILES string of the molecule is [CH3][In]1[CH]=CC(C(N)=O)=[N]1. The first-order valence-corrected chi connectivity index (χ1v) is 9.43. The maximum absolute atomic E-state index is 10.4. The molecule has 0 atom stereocenters. The molecule has 1 aliphatic rings. The number of carbonyl (C=O) groups is 1. The number of amides is 1. The van der Waals surface area contributed by atoms with Crippen LogP contribution in [0.4, 0.5) is 0 Å². The van der Waals surface area contributed by atoms with E-state index in [1.54, 1.807) is 6.08 Å². The average Bonchev–Trinajstić information content (AvgIpc) is 2.14. The van der Waals surface area contributed by atoms with Crippen molar-refractivity contribution in [2.24, 2.45) is 8.71 Å². The number of rotatable bonds is 1. The minimum absolute atomic E-state index is 0.396. The molecule has 46 valence electrons. The molecule has 0 bridgehead atoms. The summed E-state index contributed by atoms with van der Waals surface area (Å²) in [7, 11) is 0. The van der Waals surface area contributed by atoms with E-state index in [9.17, 15) is 4.79 Å². The van der Waals surface area contributed by atoms with Gasteiger partial charge in [0.1, 0.15) is 0 Å². The van der Waals surface area contributed by atoms with Crippen LogP contribution in [0.15, 0.2) is 12.9 Å². The van der Waals surface area contributed by atoms with E-state index in [4.69, 9.17) is 5.73 Å². The number of nitrogens with two attached hydrogens (primary N) is 1. The third kappa shape index (κ3) is 1.58. The van der Waals surface area contributed by atoms with Gasteiger partial charge in [-0.05, 0) is 0 Å². The van der Waals surface area contributed by atoms with E-state index in [-0.39, 0.29) is 0 Å². The van der Waals surface area contributed by atoms with Gasteiger partial charge in [0.15, 0.2) is 0 Å². The molecule has 0 unspecified atom stereocenters. The molecule has 0 spiro atoms. The Labute approximate surface area is 61.6 Å². The Morgan fingerprint density at radius 2 is 2.56 bits per heavy atom. The number of primary amides is 1. The summed E-state index contributed by atoms with van der Waals surface area (Å²) >= 11 is -1.66. The molecule has 0 fully saturated rings. The first-order chi connectivity index (χ1) is 4.20. The summed E-state index contributed by atoms with van der Waals surface area (Å²) in [5.41, 5.74) is 5.44. The number of nitrogens with zero attached hydrogens (tertiary/aromatic N) is 1. The molecule has 2 N–H and O–H groups in total. The van der Waals surface area contributed by atoms with Crippen LogP contribution in [0.1, 0.15) is 0 Å². The van der Waals surface area contributed by atoms with E-state index in [1.807, 2.05) is 3.83 Å². The van der Waals surface area contributed by atoms with Gasteiger partial charge < -0.3 is 0 Å². The van der Waals surface area contributed by atoms with Crippen LogP contribution in [0.3, 0.4) is 0 Å². The number of carbonyl (C=O) groups excluding carboxylic acids is 1. The first kappa shape index (κ1) is 6.86. The second-order valence-electron chi connectivity index (χ2n) is 1.98. The Kier molecular flexibility index (Phi) is 1.95. The second kappa shape index (κ2) is 2.56. The summed E-state index contributed by atoms with van der Waals surface area (Å²) in [6.07, 6.45) is 1.74. The van der Waals surface area contributed by atoms with Crippen molar-refractivity contribution in [2.75, 3.05) is 0 Å². The number of hydrogen-bond acceptors (Lipinski definition) is 2. The molecule has 0 aromatic rings. The third-order valence-electron chi connectivity index (χ3n) is 1.13. The van der Waals surface area contributed by atoms with E-state index in [0.29, 0.717) is 5.71 Å². The summed E-state index contributed by atoms with van der Waals surface area (Å²) in [5, 5.41) is 0. The van der Waals surface area contributed by atoms with Crippen LogP contribution >= 0.6 is 0 Å². The molecule has 0 radical (unpaired) electrons. The predicted molar refractivity (Wildman–Crippen MR) is 37.4 cm³/mol. The molecule has 0 saturated heterocycles. The monoisotopic (exact) mass is 226 g/mol. The van der Waals surface area contributed by atoms with Crippen molar-refractivity contribution in [1.29, 1.82) is 0 Å². The minimum atomic E-state index is -1.66. The molecule has 1 heterocycles. The fourth-order valence-corrected chi connectivity index (χ4v) is 4.10. The topological polar surface area (TPSA) is 55.5 Å². The summed E-state index contributed by atoms with van der Waals surface area (Å²) < 4.78 is 8.28. The molecule has 1 amide bonds. The van der Waals surface area contributed by atoms with Gasteiger partial charge in [0, 0.05) is 0 Å². The van der Waals surface area contributed by atoms with Gasteiger partial charge in [-0.1, -0.05) is 0 Å². The van der Waals surface area contributed by atoms with Crippen LogP contribution in [-0.4, -0.2) is 33.3 Å². The van der Waals surface area contributed by atoms with Crippen LogP contribution in [0, 0.1) is 0 Å². The van der Waals surface area contributed by atoms with Gasteiger partial charge in [0.25, 0.3) is 0 Å². The van der Waals surface area contributed by atoms with E-state index in [0.717, 1.165) is 0 Å². The summed E-state index contributed by atoms with van der Waals surface area (Å²) in [5.74, 6) is -0.396. The van der Waals surface area contributed by atoms with Gasteiger partial charge in [-0.25, -0.2) is 0 Å². The summed E-state index contributed by atoms with van der Waals surface area (Å²) in [6.45, 7) is 0. The average molecular weight is 226 g/mol. The van der Waals surface area contributed by atoms with Gasteiger partial charge in [-0.3, -0.25) is 0 Å². The number of hydrogen-bond donors (Lipinski definition) is 1. The molecule has 3 nitrogen and oxygen atoms in total. The molecule has 4 heteroatoms. The van der Waals surface area contributed by atoms with Gasteiger partial charge in [-0.2, -0.15) is 0 Å². The van der Waals surface area contributed by atoms with Crippen LogP contribution in [0.5, 0.6) is 0 Å². The molecule has 0 saturated carbocycles. The molecule has 1 aliphatic heterocycles. The van der Waals surface area contributed by atoms with Crippen LogP contribution in [-0.2, 0) is 4.79 Å². The predicted octanol–water partition coefficient (Wildman–Crippen LogP) is -0.357. The van der Waals surface area contributed by atoms with Gasteiger partial charge in [-0.15, -0.1) is 0 Å². The Morgan fingerprint density at radius 3 is 2.78 bits per heavy atom. The van der Waals surface area contributed by atoms with E-state index in [1.165, 1.54) is 0 Å². The van der Waals surface area contributed by atoms with Crippen LogP contribution in [0.2, 0.25) is 4.68 Å². The van der Waals surface area contributed by atoms with E-state index < -0.39 is 27.6 Å². The molecular formula is C5H7InN2O. The van der Waals surface area contributed by atoms with Crippen molar-refractivity contribution in [1.82, 2.24) is 0 Å². The third-order valence-corrected chi connectivity index (χ3v) is 5.22. The van der Waals surface area contributed by atoms with Crippen molar-refractivity contribution < 1.29 is 4.79 Å². The van der Waals surface area contributed by atoms with Crippen LogP contribution < -0.4 is 5.73 Å². The molecular weight excluding hydrogens is 219 g/mol. The Morgan fingerprint density at radius 1 is 1.89 bits per heavy atom. The van der Waals surface area contributed by atoms with Crippen molar-refractivity contribution in [3.05, 3.63) is 9.91 Å². The Balaban J connectivity index is 2.75. The maximum atomic E-state index is 10.4. The standard InChI is InChI=1S/C4H4N2O.CH3.In/c1-2-3(5)4(6)7;;/h1-2H,(H2,6,7);1H3;/q-1;;+1. The van der Waals surface area contributed by atoms with Crippen molar-refractivity contribution in [3.8, 4) is 0 Å². The van der Waals surface area contributed by atoms with Crippen molar-refractivity contribution in [2.45, 2.75) is 4.68 Å². The quantitative estimate of drug-likeness (QED) is 0.652.